The lowest BCUT2D eigenvalue weighted by Crippen LogP contribution is -2.05. The second kappa shape index (κ2) is 3.82. The van der Waals surface area contributed by atoms with Gasteiger partial charge >= 0.3 is 0 Å². The van der Waals surface area contributed by atoms with Crippen LogP contribution in [0.4, 0.5) is 5.69 Å². The number of nitrogen functional groups attached to an aromatic ring is 1. The molecule has 1 aromatic carbocycles. The molecule has 0 aromatic heterocycles. The Labute approximate surface area is 78.8 Å². The molecule has 0 saturated heterocycles. The monoisotopic (exact) mass is 208 g/mol. The van der Waals surface area contributed by atoms with Crippen molar-refractivity contribution < 1.29 is 9.88 Å². The number of hydrogen-bond donors (Lipinski definition) is 2. The standard InChI is InChI=1S/C6H6Cl2N2O2/c7-3-1-5(9)6(11-12-10)2-4(3)8/h1-2H,9-10H2. The molecule has 0 spiro atoms. The fraction of sp³-hybridized carbons (Fsp3) is 0. The molecule has 1 rings (SSSR count). The summed E-state index contributed by atoms with van der Waals surface area (Å²) in [6.07, 6.45) is 0. The Bertz CT molecular complexity index is 293. The van der Waals surface area contributed by atoms with Gasteiger partial charge in [0.05, 0.1) is 15.7 Å². The summed E-state index contributed by atoms with van der Waals surface area (Å²) in [6, 6.07) is 2.85. The Kier molecular flexibility index (Phi) is 2.99. The summed E-state index contributed by atoms with van der Waals surface area (Å²) < 4.78 is 0. The highest BCUT2D eigenvalue weighted by Gasteiger charge is 2.06. The van der Waals surface area contributed by atoms with Gasteiger partial charge in [0.15, 0.2) is 5.75 Å². The van der Waals surface area contributed by atoms with Crippen molar-refractivity contribution in [1.29, 1.82) is 0 Å². The number of rotatable bonds is 2. The van der Waals surface area contributed by atoms with Crippen LogP contribution in [-0.4, -0.2) is 0 Å². The first-order valence-corrected chi connectivity index (χ1v) is 3.68. The van der Waals surface area contributed by atoms with E-state index in [0.29, 0.717) is 15.7 Å². The minimum absolute atomic E-state index is 0.229. The molecule has 0 bridgehead atoms. The van der Waals surface area contributed by atoms with Gasteiger partial charge in [0.2, 0.25) is 0 Å². The summed E-state index contributed by atoms with van der Waals surface area (Å²) >= 11 is 11.3. The summed E-state index contributed by atoms with van der Waals surface area (Å²) in [5.74, 6) is 4.89. The van der Waals surface area contributed by atoms with E-state index in [1.165, 1.54) is 12.1 Å². The number of halogens is 2. The zero-order chi connectivity index (χ0) is 9.14. The molecule has 0 saturated carbocycles. The number of hydrogen-bond acceptors (Lipinski definition) is 4. The molecule has 0 amide bonds. The van der Waals surface area contributed by atoms with Crippen molar-refractivity contribution in [2.45, 2.75) is 0 Å². The average Bonchev–Trinajstić information content (AvgIpc) is 2.01. The minimum atomic E-state index is 0.229. The van der Waals surface area contributed by atoms with Gasteiger partial charge < -0.3 is 10.6 Å². The van der Waals surface area contributed by atoms with E-state index in [-0.39, 0.29) is 5.75 Å². The van der Waals surface area contributed by atoms with E-state index < -0.39 is 0 Å². The van der Waals surface area contributed by atoms with Crippen LogP contribution < -0.4 is 16.5 Å². The normalized spacial score (nSPS) is 9.92. The van der Waals surface area contributed by atoms with Gasteiger partial charge in [0, 0.05) is 6.07 Å². The lowest BCUT2D eigenvalue weighted by atomic mass is 10.3. The van der Waals surface area contributed by atoms with Crippen LogP contribution in [0.2, 0.25) is 10.0 Å². The van der Waals surface area contributed by atoms with Crippen LogP contribution in [-0.2, 0) is 4.99 Å². The van der Waals surface area contributed by atoms with E-state index in [1.807, 2.05) is 0 Å². The Hall–Kier alpha value is -0.680. The fourth-order valence-electron chi connectivity index (χ4n) is 0.668. The predicted molar refractivity (Wildman–Crippen MR) is 46.8 cm³/mol. The van der Waals surface area contributed by atoms with Gasteiger partial charge in [-0.3, -0.25) is 0 Å². The highest BCUT2D eigenvalue weighted by Crippen LogP contribution is 2.32. The molecular weight excluding hydrogens is 203 g/mol. The quantitative estimate of drug-likeness (QED) is 0.442. The largest absolute Gasteiger partial charge is 0.396 e. The molecule has 0 heterocycles. The number of nitrogens with two attached hydrogens (primary N) is 2. The molecular formula is C6H6Cl2N2O2. The molecule has 66 valence electrons. The average molecular weight is 209 g/mol. The molecule has 6 heteroatoms. The van der Waals surface area contributed by atoms with Crippen LogP contribution in [0, 0.1) is 0 Å². The van der Waals surface area contributed by atoms with Crippen molar-refractivity contribution in [2.24, 2.45) is 5.90 Å². The van der Waals surface area contributed by atoms with E-state index in [9.17, 15) is 0 Å². The Morgan fingerprint density at radius 1 is 1.17 bits per heavy atom. The van der Waals surface area contributed by atoms with Crippen molar-refractivity contribution in [3.05, 3.63) is 22.2 Å². The molecule has 0 aliphatic heterocycles. The van der Waals surface area contributed by atoms with Gasteiger partial charge in [-0.25, -0.2) is 0 Å². The zero-order valence-electron chi connectivity index (χ0n) is 5.88. The van der Waals surface area contributed by atoms with Crippen LogP contribution in [0.5, 0.6) is 5.75 Å². The molecule has 0 unspecified atom stereocenters. The number of benzene rings is 1. The number of anilines is 1. The topological polar surface area (TPSA) is 70.5 Å². The summed E-state index contributed by atoms with van der Waals surface area (Å²) in [7, 11) is 0. The van der Waals surface area contributed by atoms with Crippen molar-refractivity contribution in [3.63, 3.8) is 0 Å². The SMILES string of the molecule is NOOc1cc(Cl)c(Cl)cc1N. The second-order valence-corrected chi connectivity index (χ2v) is 2.80. The van der Waals surface area contributed by atoms with E-state index >= 15 is 0 Å². The third kappa shape index (κ3) is 1.92. The summed E-state index contributed by atoms with van der Waals surface area (Å²) in [5, 5.41) is 0.663. The fourth-order valence-corrected chi connectivity index (χ4v) is 0.994. The van der Waals surface area contributed by atoms with Gasteiger partial charge in [-0.05, 0) is 6.07 Å². The highest BCUT2D eigenvalue weighted by molar-refractivity contribution is 6.42. The molecule has 0 radical (unpaired) electrons. The van der Waals surface area contributed by atoms with Crippen LogP contribution in [0.15, 0.2) is 12.1 Å². The van der Waals surface area contributed by atoms with Crippen molar-refractivity contribution >= 4 is 28.9 Å². The van der Waals surface area contributed by atoms with Gasteiger partial charge in [0.25, 0.3) is 0 Å². The lowest BCUT2D eigenvalue weighted by Gasteiger charge is -2.04. The van der Waals surface area contributed by atoms with Crippen molar-refractivity contribution in [3.8, 4) is 5.75 Å². The molecule has 4 N–H and O–H groups in total. The van der Waals surface area contributed by atoms with Crippen LogP contribution in [0.25, 0.3) is 0 Å². The molecule has 0 fully saturated rings. The molecule has 12 heavy (non-hydrogen) atoms. The molecule has 0 aliphatic carbocycles. The maximum Gasteiger partial charge on any atom is 0.191 e. The third-order valence-electron chi connectivity index (χ3n) is 1.19. The Balaban J connectivity index is 3.05. The second-order valence-electron chi connectivity index (χ2n) is 1.98. The first kappa shape index (κ1) is 9.41. The molecule has 0 aliphatic rings. The zero-order valence-corrected chi connectivity index (χ0v) is 7.39. The van der Waals surface area contributed by atoms with E-state index in [0.717, 1.165) is 0 Å². The minimum Gasteiger partial charge on any atom is -0.396 e. The summed E-state index contributed by atoms with van der Waals surface area (Å²) in [5.41, 5.74) is 5.77. The van der Waals surface area contributed by atoms with Gasteiger partial charge in [-0.2, -0.15) is 5.90 Å². The maximum absolute atomic E-state index is 5.66. The smallest absolute Gasteiger partial charge is 0.191 e. The van der Waals surface area contributed by atoms with Gasteiger partial charge in [-0.1, -0.05) is 28.2 Å². The van der Waals surface area contributed by atoms with Gasteiger partial charge in [-0.15, -0.1) is 0 Å². The van der Waals surface area contributed by atoms with Crippen LogP contribution in [0.3, 0.4) is 0 Å². The van der Waals surface area contributed by atoms with E-state index in [4.69, 9.17) is 28.9 Å². The first-order chi connectivity index (χ1) is 5.65. The summed E-state index contributed by atoms with van der Waals surface area (Å²) in [4.78, 5) is 8.40. The van der Waals surface area contributed by atoms with Crippen molar-refractivity contribution in [2.75, 3.05) is 5.73 Å². The van der Waals surface area contributed by atoms with Crippen LogP contribution in [0.1, 0.15) is 0 Å². The maximum atomic E-state index is 5.66. The highest BCUT2D eigenvalue weighted by atomic mass is 35.5. The Morgan fingerprint density at radius 2 is 1.75 bits per heavy atom. The molecule has 1 aromatic rings. The van der Waals surface area contributed by atoms with E-state index in [1.54, 1.807) is 0 Å². The first-order valence-electron chi connectivity index (χ1n) is 2.93. The Morgan fingerprint density at radius 3 is 2.33 bits per heavy atom. The molecule has 4 nitrogen and oxygen atoms in total. The van der Waals surface area contributed by atoms with Crippen molar-refractivity contribution in [1.82, 2.24) is 0 Å². The van der Waals surface area contributed by atoms with E-state index in [2.05, 4.69) is 15.8 Å². The van der Waals surface area contributed by atoms with Gasteiger partial charge in [0.1, 0.15) is 0 Å². The van der Waals surface area contributed by atoms with Crippen LogP contribution >= 0.6 is 23.2 Å². The predicted octanol–water partition coefficient (Wildman–Crippen LogP) is 1.76. The molecule has 0 atom stereocenters. The summed E-state index contributed by atoms with van der Waals surface area (Å²) in [6.45, 7) is 0. The third-order valence-corrected chi connectivity index (χ3v) is 1.91. The lowest BCUT2D eigenvalue weighted by molar-refractivity contribution is -0.210.